The molecular formula is C17H27N5O3. The van der Waals surface area contributed by atoms with Crippen LogP contribution < -0.4 is 10.6 Å². The Morgan fingerprint density at radius 2 is 2.12 bits per heavy atom. The highest BCUT2D eigenvalue weighted by atomic mass is 16.6. The quantitative estimate of drug-likeness (QED) is 0.813. The summed E-state index contributed by atoms with van der Waals surface area (Å²) in [6.45, 7) is 5.27. The van der Waals surface area contributed by atoms with Crippen molar-refractivity contribution in [2.24, 2.45) is 0 Å². The first kappa shape index (κ1) is 17.7. The number of nitrogens with one attached hydrogen (secondary N) is 2. The lowest BCUT2D eigenvalue weighted by atomic mass is 10.1. The van der Waals surface area contributed by atoms with Crippen LogP contribution in [0.2, 0.25) is 0 Å². The number of likely N-dealkylation sites (tertiary alicyclic amines) is 1. The van der Waals surface area contributed by atoms with Gasteiger partial charge in [-0.25, -0.2) is 14.8 Å². The predicted molar refractivity (Wildman–Crippen MR) is 94.7 cm³/mol. The number of hydrogen-bond donors (Lipinski definition) is 2. The van der Waals surface area contributed by atoms with Crippen molar-refractivity contribution >= 4 is 17.7 Å². The molecule has 2 aliphatic heterocycles. The summed E-state index contributed by atoms with van der Waals surface area (Å²) >= 11 is 0. The third-order valence-corrected chi connectivity index (χ3v) is 4.57. The molecule has 2 fully saturated rings. The molecule has 3 heterocycles. The number of carbonyl (C=O) groups is 1. The molecule has 3 rings (SSSR count). The van der Waals surface area contributed by atoms with E-state index in [0.717, 1.165) is 50.5 Å². The first-order chi connectivity index (χ1) is 12.2. The molecule has 0 spiro atoms. The van der Waals surface area contributed by atoms with E-state index in [-0.39, 0.29) is 12.2 Å². The Hall–Kier alpha value is -2.09. The zero-order chi connectivity index (χ0) is 17.5. The van der Waals surface area contributed by atoms with Crippen LogP contribution in [-0.4, -0.2) is 66.0 Å². The topological polar surface area (TPSA) is 88.6 Å². The Kier molecular flexibility index (Phi) is 6.27. The minimum atomic E-state index is -0.219. The number of rotatable bonds is 6. The van der Waals surface area contributed by atoms with Crippen molar-refractivity contribution in [2.75, 3.05) is 43.5 Å². The van der Waals surface area contributed by atoms with E-state index < -0.39 is 0 Å². The van der Waals surface area contributed by atoms with Crippen molar-refractivity contribution in [3.05, 3.63) is 12.4 Å². The van der Waals surface area contributed by atoms with Crippen LogP contribution in [0.4, 0.5) is 16.4 Å². The summed E-state index contributed by atoms with van der Waals surface area (Å²) in [5.41, 5.74) is 0. The smallest absolute Gasteiger partial charge is 0.409 e. The lowest BCUT2D eigenvalue weighted by Gasteiger charge is -2.31. The van der Waals surface area contributed by atoms with E-state index in [2.05, 4.69) is 20.6 Å². The average Bonchev–Trinajstić information content (AvgIpc) is 3.15. The maximum absolute atomic E-state index is 11.7. The molecule has 0 aromatic carbocycles. The van der Waals surface area contributed by atoms with E-state index in [0.29, 0.717) is 25.7 Å². The lowest BCUT2D eigenvalue weighted by Crippen LogP contribution is -2.42. The minimum Gasteiger partial charge on any atom is -0.450 e. The van der Waals surface area contributed by atoms with Crippen molar-refractivity contribution in [1.82, 2.24) is 14.9 Å². The number of hydrogen-bond acceptors (Lipinski definition) is 7. The molecule has 8 heteroatoms. The zero-order valence-electron chi connectivity index (χ0n) is 14.7. The maximum Gasteiger partial charge on any atom is 0.409 e. The second kappa shape index (κ2) is 8.84. The second-order valence-electron chi connectivity index (χ2n) is 6.41. The Morgan fingerprint density at radius 3 is 2.84 bits per heavy atom. The highest BCUT2D eigenvalue weighted by molar-refractivity contribution is 5.67. The van der Waals surface area contributed by atoms with Gasteiger partial charge in [-0.05, 0) is 32.6 Å². The van der Waals surface area contributed by atoms with Gasteiger partial charge in [0.15, 0.2) is 0 Å². The number of nitrogens with zero attached hydrogens (tertiary/aromatic N) is 3. The third kappa shape index (κ3) is 5.19. The van der Waals surface area contributed by atoms with Gasteiger partial charge in [0, 0.05) is 38.3 Å². The number of ether oxygens (including phenoxy) is 2. The molecule has 0 bridgehead atoms. The van der Waals surface area contributed by atoms with Gasteiger partial charge in [0.25, 0.3) is 0 Å². The first-order valence-corrected chi connectivity index (χ1v) is 9.10. The van der Waals surface area contributed by atoms with Crippen molar-refractivity contribution < 1.29 is 14.3 Å². The second-order valence-corrected chi connectivity index (χ2v) is 6.41. The van der Waals surface area contributed by atoms with Gasteiger partial charge in [-0.2, -0.15) is 0 Å². The van der Waals surface area contributed by atoms with Gasteiger partial charge in [-0.15, -0.1) is 0 Å². The van der Waals surface area contributed by atoms with Gasteiger partial charge < -0.3 is 25.0 Å². The van der Waals surface area contributed by atoms with Crippen LogP contribution in [-0.2, 0) is 9.47 Å². The van der Waals surface area contributed by atoms with Crippen LogP contribution in [0.25, 0.3) is 0 Å². The van der Waals surface area contributed by atoms with Crippen LogP contribution in [0.1, 0.15) is 32.6 Å². The number of carbonyl (C=O) groups excluding carboxylic acids is 1. The van der Waals surface area contributed by atoms with Crippen LogP contribution in [0, 0.1) is 0 Å². The zero-order valence-corrected chi connectivity index (χ0v) is 14.7. The molecule has 1 aromatic heterocycles. The predicted octanol–water partition coefficient (Wildman–Crippen LogP) is 2.10. The summed E-state index contributed by atoms with van der Waals surface area (Å²) in [4.78, 5) is 22.1. The molecular weight excluding hydrogens is 322 g/mol. The molecule has 1 amide bonds. The first-order valence-electron chi connectivity index (χ1n) is 9.10. The van der Waals surface area contributed by atoms with Crippen molar-refractivity contribution in [1.29, 1.82) is 0 Å². The summed E-state index contributed by atoms with van der Waals surface area (Å²) in [5.74, 6) is 1.61. The molecule has 25 heavy (non-hydrogen) atoms. The summed E-state index contributed by atoms with van der Waals surface area (Å²) < 4.78 is 10.7. The largest absolute Gasteiger partial charge is 0.450 e. The van der Waals surface area contributed by atoms with Crippen molar-refractivity contribution in [2.45, 2.75) is 44.8 Å². The maximum atomic E-state index is 11.7. The van der Waals surface area contributed by atoms with Gasteiger partial charge in [-0.1, -0.05) is 0 Å². The minimum absolute atomic E-state index is 0.219. The van der Waals surface area contributed by atoms with Crippen molar-refractivity contribution in [3.63, 3.8) is 0 Å². The Morgan fingerprint density at radius 1 is 1.32 bits per heavy atom. The Bertz CT molecular complexity index is 557. The lowest BCUT2D eigenvalue weighted by molar-refractivity contribution is 0.0983. The molecule has 0 saturated carbocycles. The summed E-state index contributed by atoms with van der Waals surface area (Å²) in [6.07, 6.45) is 5.61. The normalized spacial score (nSPS) is 21.2. The van der Waals surface area contributed by atoms with E-state index in [4.69, 9.17) is 9.47 Å². The fraction of sp³-hybridized carbons (Fsp3) is 0.706. The van der Waals surface area contributed by atoms with Crippen LogP contribution >= 0.6 is 0 Å². The van der Waals surface area contributed by atoms with Gasteiger partial charge in [0.2, 0.25) is 0 Å². The monoisotopic (exact) mass is 349 g/mol. The molecule has 0 radical (unpaired) electrons. The SMILES string of the molecule is CCOC(=O)N1CCC(Nc2cc(NCC3CCCO3)ncn2)CC1. The van der Waals surface area contributed by atoms with Crippen LogP contribution in [0.15, 0.2) is 12.4 Å². The molecule has 1 unspecified atom stereocenters. The fourth-order valence-corrected chi connectivity index (χ4v) is 3.19. The van der Waals surface area contributed by atoms with Crippen LogP contribution in [0.3, 0.4) is 0 Å². The van der Waals surface area contributed by atoms with Crippen molar-refractivity contribution in [3.8, 4) is 0 Å². The Labute approximate surface area is 148 Å². The highest BCUT2D eigenvalue weighted by Crippen LogP contribution is 2.18. The number of aromatic nitrogens is 2. The number of amides is 1. The molecule has 8 nitrogen and oxygen atoms in total. The molecule has 1 aromatic rings. The summed E-state index contributed by atoms with van der Waals surface area (Å²) in [5, 5.41) is 6.75. The van der Waals surface area contributed by atoms with E-state index in [1.807, 2.05) is 13.0 Å². The van der Waals surface area contributed by atoms with Gasteiger partial charge >= 0.3 is 6.09 Å². The van der Waals surface area contributed by atoms with Crippen LogP contribution in [0.5, 0.6) is 0 Å². The van der Waals surface area contributed by atoms with Gasteiger partial charge in [-0.3, -0.25) is 0 Å². The molecule has 0 aliphatic carbocycles. The molecule has 2 N–H and O–H groups in total. The average molecular weight is 349 g/mol. The highest BCUT2D eigenvalue weighted by Gasteiger charge is 2.23. The third-order valence-electron chi connectivity index (χ3n) is 4.57. The summed E-state index contributed by atoms with van der Waals surface area (Å²) in [6, 6.07) is 2.22. The number of anilines is 2. The number of piperidine rings is 1. The van der Waals surface area contributed by atoms with Gasteiger partial charge in [0.05, 0.1) is 12.7 Å². The van der Waals surface area contributed by atoms with E-state index in [9.17, 15) is 4.79 Å². The fourth-order valence-electron chi connectivity index (χ4n) is 3.19. The van der Waals surface area contributed by atoms with Gasteiger partial charge in [0.1, 0.15) is 18.0 Å². The summed E-state index contributed by atoms with van der Waals surface area (Å²) in [7, 11) is 0. The standard InChI is InChI=1S/C17H27N5O3/c1-2-24-17(23)22-7-5-13(6-8-22)21-16-10-15(19-12-20-16)18-11-14-4-3-9-25-14/h10,12-14H,2-9,11H2,1H3,(H2,18,19,20,21). The molecule has 138 valence electrons. The van der Waals surface area contributed by atoms with E-state index in [1.54, 1.807) is 11.2 Å². The molecule has 2 aliphatic rings. The Balaban J connectivity index is 1.45. The van der Waals surface area contributed by atoms with E-state index >= 15 is 0 Å². The van der Waals surface area contributed by atoms with E-state index in [1.165, 1.54) is 0 Å². The molecule has 1 atom stereocenters. The molecule has 2 saturated heterocycles.